The Morgan fingerprint density at radius 3 is 2.52 bits per heavy atom. The predicted octanol–water partition coefficient (Wildman–Crippen LogP) is 7.07. The number of benzene rings is 4. The van der Waals surface area contributed by atoms with E-state index in [9.17, 15) is 4.79 Å². The van der Waals surface area contributed by atoms with E-state index in [0.717, 1.165) is 21.9 Å². The molecule has 0 unspecified atom stereocenters. The van der Waals surface area contributed by atoms with E-state index in [2.05, 4.69) is 23.4 Å². The summed E-state index contributed by atoms with van der Waals surface area (Å²) in [6, 6.07) is 26.8. The summed E-state index contributed by atoms with van der Waals surface area (Å²) in [7, 11) is 0. The third-order valence-electron chi connectivity index (χ3n) is 5.33. The molecule has 4 nitrogen and oxygen atoms in total. The lowest BCUT2D eigenvalue weighted by Crippen LogP contribution is -2.07. The summed E-state index contributed by atoms with van der Waals surface area (Å²) in [5.74, 6) is -0.126. The van der Waals surface area contributed by atoms with E-state index in [0.29, 0.717) is 39.2 Å². The summed E-state index contributed by atoms with van der Waals surface area (Å²) in [5, 5.41) is 6.96. The van der Waals surface area contributed by atoms with Crippen LogP contribution in [0.25, 0.3) is 16.8 Å². The van der Waals surface area contributed by atoms with Crippen molar-refractivity contribution in [1.82, 2.24) is 0 Å². The van der Waals surface area contributed by atoms with E-state index in [1.54, 1.807) is 18.2 Å². The van der Waals surface area contributed by atoms with E-state index >= 15 is 0 Å². The van der Waals surface area contributed by atoms with Gasteiger partial charge in [-0.2, -0.15) is 0 Å². The van der Waals surface area contributed by atoms with E-state index in [1.807, 2.05) is 54.6 Å². The lowest BCUT2D eigenvalue weighted by molar-refractivity contribution is -0.136. The standard InChI is InChI=1S/C27H17Cl2NO3/c28-21-13-20(14-23-25(30-33-27(23)31)18-8-2-1-3-9-18)26(24(29)15-21)32-16-19-11-6-10-17-7-4-5-12-22(17)19/h1-15H,16H2/b23-14-. The van der Waals surface area contributed by atoms with E-state index in [-0.39, 0.29) is 0 Å². The van der Waals surface area contributed by atoms with Crippen molar-refractivity contribution in [3.8, 4) is 5.75 Å². The van der Waals surface area contributed by atoms with Crippen LogP contribution in [0, 0.1) is 0 Å². The van der Waals surface area contributed by atoms with Crippen molar-refractivity contribution in [2.75, 3.05) is 0 Å². The third-order valence-corrected chi connectivity index (χ3v) is 5.83. The molecule has 0 aromatic heterocycles. The minimum atomic E-state index is -0.551. The molecule has 0 amide bonds. The number of ether oxygens (including phenoxy) is 1. The average Bonchev–Trinajstić information content (AvgIpc) is 3.19. The minimum Gasteiger partial charge on any atom is -0.487 e. The Morgan fingerprint density at radius 1 is 0.909 bits per heavy atom. The van der Waals surface area contributed by atoms with Gasteiger partial charge in [0.2, 0.25) is 0 Å². The fourth-order valence-electron chi connectivity index (χ4n) is 3.78. The number of carbonyl (C=O) groups excluding carboxylic acids is 1. The van der Waals surface area contributed by atoms with Gasteiger partial charge in [0.15, 0.2) is 0 Å². The zero-order chi connectivity index (χ0) is 22.8. The molecule has 162 valence electrons. The number of nitrogens with zero attached hydrogens (tertiary/aromatic N) is 1. The van der Waals surface area contributed by atoms with Crippen LogP contribution in [0.4, 0.5) is 0 Å². The first-order chi connectivity index (χ1) is 16.1. The monoisotopic (exact) mass is 473 g/mol. The largest absolute Gasteiger partial charge is 0.487 e. The van der Waals surface area contributed by atoms with Crippen molar-refractivity contribution in [2.45, 2.75) is 6.61 Å². The molecule has 33 heavy (non-hydrogen) atoms. The Morgan fingerprint density at radius 2 is 1.67 bits per heavy atom. The third kappa shape index (κ3) is 4.36. The highest BCUT2D eigenvalue weighted by Crippen LogP contribution is 2.36. The van der Waals surface area contributed by atoms with Crippen LogP contribution in [0.15, 0.2) is 95.7 Å². The van der Waals surface area contributed by atoms with Gasteiger partial charge in [0, 0.05) is 16.1 Å². The molecule has 0 N–H and O–H groups in total. The van der Waals surface area contributed by atoms with Gasteiger partial charge in [0.25, 0.3) is 0 Å². The first-order valence-electron chi connectivity index (χ1n) is 10.3. The van der Waals surface area contributed by atoms with Crippen LogP contribution in [-0.2, 0) is 16.2 Å². The molecule has 1 aliphatic heterocycles. The first kappa shape index (κ1) is 21.3. The maximum atomic E-state index is 12.5. The van der Waals surface area contributed by atoms with Crippen LogP contribution in [-0.4, -0.2) is 11.7 Å². The van der Waals surface area contributed by atoms with Gasteiger partial charge >= 0.3 is 5.97 Å². The van der Waals surface area contributed by atoms with Gasteiger partial charge in [-0.05, 0) is 34.5 Å². The predicted molar refractivity (Wildman–Crippen MR) is 132 cm³/mol. The molecule has 0 spiro atoms. The zero-order valence-electron chi connectivity index (χ0n) is 17.3. The van der Waals surface area contributed by atoms with Gasteiger partial charge in [-0.3, -0.25) is 0 Å². The molecular weight excluding hydrogens is 457 g/mol. The molecule has 4 aromatic carbocycles. The lowest BCUT2D eigenvalue weighted by atomic mass is 10.0. The van der Waals surface area contributed by atoms with Gasteiger partial charge in [0.1, 0.15) is 18.1 Å². The lowest BCUT2D eigenvalue weighted by Gasteiger charge is -2.14. The number of carbonyl (C=O) groups is 1. The van der Waals surface area contributed by atoms with Crippen LogP contribution >= 0.6 is 23.2 Å². The van der Waals surface area contributed by atoms with Crippen molar-refractivity contribution < 1.29 is 14.4 Å². The topological polar surface area (TPSA) is 47.9 Å². The van der Waals surface area contributed by atoms with Crippen molar-refractivity contribution in [2.24, 2.45) is 5.16 Å². The van der Waals surface area contributed by atoms with E-state index < -0.39 is 5.97 Å². The first-order valence-corrected chi connectivity index (χ1v) is 11.0. The van der Waals surface area contributed by atoms with Crippen molar-refractivity contribution >= 4 is 51.7 Å². The number of oxime groups is 1. The maximum Gasteiger partial charge on any atom is 0.368 e. The summed E-state index contributed by atoms with van der Waals surface area (Å²) >= 11 is 12.8. The second kappa shape index (κ2) is 9.10. The molecule has 0 fully saturated rings. The highest BCUT2D eigenvalue weighted by molar-refractivity contribution is 6.36. The quantitative estimate of drug-likeness (QED) is 0.230. The Labute approximate surface area is 200 Å². The number of halogens is 2. The molecule has 0 saturated carbocycles. The van der Waals surface area contributed by atoms with Crippen LogP contribution < -0.4 is 4.74 Å². The van der Waals surface area contributed by atoms with Crippen LogP contribution in [0.1, 0.15) is 16.7 Å². The highest BCUT2D eigenvalue weighted by atomic mass is 35.5. The average molecular weight is 474 g/mol. The molecule has 0 aliphatic carbocycles. The SMILES string of the molecule is O=C1ON=C(c2ccccc2)/C1=C/c1cc(Cl)cc(Cl)c1OCc1cccc2ccccc12. The molecule has 0 saturated heterocycles. The number of hydrogen-bond donors (Lipinski definition) is 0. The van der Waals surface area contributed by atoms with Crippen molar-refractivity contribution in [3.05, 3.63) is 117 Å². The van der Waals surface area contributed by atoms with Gasteiger partial charge in [-0.1, -0.05) is 101 Å². The van der Waals surface area contributed by atoms with Crippen molar-refractivity contribution in [3.63, 3.8) is 0 Å². The van der Waals surface area contributed by atoms with E-state index in [1.165, 1.54) is 0 Å². The Balaban J connectivity index is 1.53. The van der Waals surface area contributed by atoms with Gasteiger partial charge in [0.05, 0.1) is 10.6 Å². The molecule has 0 atom stereocenters. The molecule has 0 radical (unpaired) electrons. The Bertz CT molecular complexity index is 1420. The summed E-state index contributed by atoms with van der Waals surface area (Å²) in [6.45, 7) is 0.295. The van der Waals surface area contributed by atoms with Crippen LogP contribution in [0.5, 0.6) is 5.75 Å². The molecule has 1 heterocycles. The summed E-state index contributed by atoms with van der Waals surface area (Å²) in [4.78, 5) is 17.4. The fourth-order valence-corrected chi connectivity index (χ4v) is 4.34. The zero-order valence-corrected chi connectivity index (χ0v) is 18.8. The minimum absolute atomic E-state index is 0.295. The summed E-state index contributed by atoms with van der Waals surface area (Å²) in [5.41, 5.74) is 3.09. The number of fused-ring (bicyclic) bond motifs is 1. The molecule has 0 bridgehead atoms. The Kier molecular flexibility index (Phi) is 5.86. The molecule has 5 rings (SSSR count). The van der Waals surface area contributed by atoms with E-state index in [4.69, 9.17) is 32.8 Å². The molecule has 4 aromatic rings. The van der Waals surface area contributed by atoms with Gasteiger partial charge in [-0.15, -0.1) is 0 Å². The second-order valence-corrected chi connectivity index (χ2v) is 8.32. The highest BCUT2D eigenvalue weighted by Gasteiger charge is 2.27. The molecule has 1 aliphatic rings. The normalized spacial score (nSPS) is 14.4. The molecular formula is C27H17Cl2NO3. The van der Waals surface area contributed by atoms with Crippen molar-refractivity contribution in [1.29, 1.82) is 0 Å². The number of hydrogen-bond acceptors (Lipinski definition) is 4. The fraction of sp³-hybridized carbons (Fsp3) is 0.0370. The maximum absolute atomic E-state index is 12.5. The van der Waals surface area contributed by atoms with Gasteiger partial charge < -0.3 is 9.57 Å². The van der Waals surface area contributed by atoms with Gasteiger partial charge in [-0.25, -0.2) is 4.79 Å². The smallest absolute Gasteiger partial charge is 0.368 e. The Hall–Kier alpha value is -3.60. The molecule has 6 heteroatoms. The summed E-state index contributed by atoms with van der Waals surface area (Å²) < 4.78 is 6.18. The second-order valence-electron chi connectivity index (χ2n) is 7.48. The van der Waals surface area contributed by atoms with Crippen LogP contribution in [0.2, 0.25) is 10.0 Å². The van der Waals surface area contributed by atoms with Crippen LogP contribution in [0.3, 0.4) is 0 Å². The number of rotatable bonds is 5. The summed E-state index contributed by atoms with van der Waals surface area (Å²) in [6.07, 6.45) is 1.65.